The summed E-state index contributed by atoms with van der Waals surface area (Å²) in [5.74, 6) is -3.20. The molecule has 0 bridgehead atoms. The van der Waals surface area contributed by atoms with Crippen molar-refractivity contribution in [2.75, 3.05) is 24.2 Å². The van der Waals surface area contributed by atoms with Crippen molar-refractivity contribution in [3.8, 4) is 0 Å². The van der Waals surface area contributed by atoms with Crippen LogP contribution in [0.4, 0.5) is 20.2 Å². The summed E-state index contributed by atoms with van der Waals surface area (Å²) in [5.41, 5.74) is -1.44. The molecule has 1 saturated heterocycles. The van der Waals surface area contributed by atoms with Gasteiger partial charge in [0, 0.05) is 25.0 Å². The molecular formula is C19H17F2N3O3. The van der Waals surface area contributed by atoms with E-state index in [-0.39, 0.29) is 24.3 Å². The summed E-state index contributed by atoms with van der Waals surface area (Å²) in [6.45, 7) is 0.229. The first-order valence-corrected chi connectivity index (χ1v) is 8.22. The van der Waals surface area contributed by atoms with Crippen molar-refractivity contribution in [3.63, 3.8) is 0 Å². The SMILES string of the molecule is CN1CCC(C(=O)Nc2ccc(F)cc2)(C(=O)Nc2ccc(F)cc2)C1=O. The Morgan fingerprint density at radius 1 is 0.889 bits per heavy atom. The van der Waals surface area contributed by atoms with E-state index >= 15 is 0 Å². The van der Waals surface area contributed by atoms with Crippen LogP contribution in [0.1, 0.15) is 6.42 Å². The molecule has 0 unspecified atom stereocenters. The van der Waals surface area contributed by atoms with E-state index in [1.54, 1.807) is 0 Å². The summed E-state index contributed by atoms with van der Waals surface area (Å²) in [7, 11) is 1.50. The fraction of sp³-hybridized carbons (Fsp3) is 0.211. The van der Waals surface area contributed by atoms with Crippen LogP contribution >= 0.6 is 0 Å². The molecule has 3 rings (SSSR count). The predicted octanol–water partition coefficient (Wildman–Crippen LogP) is 2.39. The molecule has 1 heterocycles. The highest BCUT2D eigenvalue weighted by Gasteiger charge is 2.57. The molecule has 2 aromatic rings. The van der Waals surface area contributed by atoms with Crippen LogP contribution in [0.25, 0.3) is 0 Å². The zero-order chi connectivity index (χ0) is 19.6. The monoisotopic (exact) mass is 373 g/mol. The van der Waals surface area contributed by atoms with E-state index in [9.17, 15) is 23.2 Å². The average Bonchev–Trinajstić information content (AvgIpc) is 2.95. The van der Waals surface area contributed by atoms with E-state index in [4.69, 9.17) is 0 Å². The van der Waals surface area contributed by atoms with Crippen molar-refractivity contribution >= 4 is 29.1 Å². The zero-order valence-electron chi connectivity index (χ0n) is 14.5. The molecule has 0 radical (unpaired) electrons. The normalized spacial score (nSPS) is 15.5. The van der Waals surface area contributed by atoms with Crippen LogP contribution in [0.15, 0.2) is 48.5 Å². The fourth-order valence-electron chi connectivity index (χ4n) is 2.94. The lowest BCUT2D eigenvalue weighted by molar-refractivity contribution is -0.148. The minimum Gasteiger partial charge on any atom is -0.344 e. The molecule has 27 heavy (non-hydrogen) atoms. The fourth-order valence-corrected chi connectivity index (χ4v) is 2.94. The van der Waals surface area contributed by atoms with E-state index in [0.717, 1.165) is 24.3 Å². The molecule has 140 valence electrons. The van der Waals surface area contributed by atoms with Gasteiger partial charge in [-0.1, -0.05) is 0 Å². The molecule has 0 aromatic heterocycles. The quantitative estimate of drug-likeness (QED) is 0.808. The van der Waals surface area contributed by atoms with Gasteiger partial charge < -0.3 is 15.5 Å². The van der Waals surface area contributed by atoms with Crippen molar-refractivity contribution in [3.05, 3.63) is 60.2 Å². The summed E-state index contributed by atoms with van der Waals surface area (Å²) < 4.78 is 26.1. The number of hydrogen-bond acceptors (Lipinski definition) is 3. The van der Waals surface area contributed by atoms with E-state index in [2.05, 4.69) is 10.6 Å². The van der Waals surface area contributed by atoms with Crippen LogP contribution in [0.2, 0.25) is 0 Å². The van der Waals surface area contributed by atoms with Crippen molar-refractivity contribution < 1.29 is 23.2 Å². The third-order valence-corrected chi connectivity index (χ3v) is 4.51. The number of rotatable bonds is 4. The summed E-state index contributed by atoms with van der Waals surface area (Å²) >= 11 is 0. The van der Waals surface area contributed by atoms with Gasteiger partial charge in [0.1, 0.15) is 11.6 Å². The lowest BCUT2D eigenvalue weighted by atomic mass is 9.83. The van der Waals surface area contributed by atoms with E-state index in [0.29, 0.717) is 0 Å². The second kappa shape index (κ2) is 7.14. The lowest BCUT2D eigenvalue weighted by Gasteiger charge is -2.25. The third kappa shape index (κ3) is 3.51. The van der Waals surface area contributed by atoms with Gasteiger partial charge in [0.15, 0.2) is 0 Å². The van der Waals surface area contributed by atoms with Gasteiger partial charge in [-0.2, -0.15) is 0 Å². The number of nitrogens with one attached hydrogen (secondary N) is 2. The summed E-state index contributed by atoms with van der Waals surface area (Å²) in [4.78, 5) is 39.8. The van der Waals surface area contributed by atoms with Gasteiger partial charge in [0.2, 0.25) is 23.1 Å². The van der Waals surface area contributed by atoms with Gasteiger partial charge >= 0.3 is 0 Å². The third-order valence-electron chi connectivity index (χ3n) is 4.51. The highest BCUT2D eigenvalue weighted by molar-refractivity contribution is 6.29. The predicted molar refractivity (Wildman–Crippen MR) is 94.7 cm³/mol. The number of carbonyl (C=O) groups excluding carboxylic acids is 3. The number of amides is 3. The average molecular weight is 373 g/mol. The molecule has 2 N–H and O–H groups in total. The Balaban J connectivity index is 1.88. The van der Waals surface area contributed by atoms with Gasteiger partial charge in [-0.15, -0.1) is 0 Å². The van der Waals surface area contributed by atoms with Crippen LogP contribution in [0.5, 0.6) is 0 Å². The molecule has 1 aliphatic heterocycles. The maximum Gasteiger partial charge on any atom is 0.249 e. The molecule has 6 nitrogen and oxygen atoms in total. The number of halogens is 2. The Morgan fingerprint density at radius 3 is 1.63 bits per heavy atom. The van der Waals surface area contributed by atoms with Crippen LogP contribution in [0.3, 0.4) is 0 Å². The highest BCUT2D eigenvalue weighted by atomic mass is 19.1. The van der Waals surface area contributed by atoms with Crippen LogP contribution in [-0.4, -0.2) is 36.2 Å². The Labute approximate surface area is 154 Å². The van der Waals surface area contributed by atoms with Gasteiger partial charge in [-0.05, 0) is 55.0 Å². The van der Waals surface area contributed by atoms with Gasteiger partial charge in [-0.3, -0.25) is 14.4 Å². The number of carbonyl (C=O) groups is 3. The van der Waals surface area contributed by atoms with Gasteiger partial charge in [0.25, 0.3) is 0 Å². The maximum absolute atomic E-state index is 13.0. The number of nitrogens with zero attached hydrogens (tertiary/aromatic N) is 1. The van der Waals surface area contributed by atoms with Crippen molar-refractivity contribution in [2.45, 2.75) is 6.42 Å². The van der Waals surface area contributed by atoms with E-state index in [1.165, 1.54) is 36.2 Å². The molecule has 8 heteroatoms. The van der Waals surface area contributed by atoms with Crippen LogP contribution < -0.4 is 10.6 Å². The largest absolute Gasteiger partial charge is 0.344 e. The van der Waals surface area contributed by atoms with Gasteiger partial charge in [-0.25, -0.2) is 8.78 Å². The Morgan fingerprint density at radius 2 is 1.30 bits per heavy atom. The lowest BCUT2D eigenvalue weighted by Crippen LogP contribution is -2.51. The molecule has 0 aliphatic carbocycles. The first-order valence-electron chi connectivity index (χ1n) is 8.22. The van der Waals surface area contributed by atoms with Crippen LogP contribution in [-0.2, 0) is 14.4 Å². The smallest absolute Gasteiger partial charge is 0.249 e. The topological polar surface area (TPSA) is 78.5 Å². The second-order valence-corrected chi connectivity index (χ2v) is 6.30. The molecule has 0 atom stereocenters. The molecule has 0 spiro atoms. The first-order chi connectivity index (χ1) is 12.8. The van der Waals surface area contributed by atoms with Gasteiger partial charge in [0.05, 0.1) is 0 Å². The van der Waals surface area contributed by atoms with E-state index in [1.807, 2.05) is 0 Å². The number of anilines is 2. The van der Waals surface area contributed by atoms with Crippen LogP contribution in [0, 0.1) is 17.0 Å². The Hall–Kier alpha value is -3.29. The summed E-state index contributed by atoms with van der Waals surface area (Å²) in [6.07, 6.45) is -0.0115. The Kier molecular flexibility index (Phi) is 4.89. The minimum atomic E-state index is -1.96. The maximum atomic E-state index is 13.0. The first kappa shape index (κ1) is 18.5. The number of benzene rings is 2. The molecule has 0 saturated carbocycles. The summed E-state index contributed by atoms with van der Waals surface area (Å²) in [5, 5.41) is 5.01. The zero-order valence-corrected chi connectivity index (χ0v) is 14.5. The standard InChI is InChI=1S/C19H17F2N3O3/c1-24-11-10-19(18(24)27,16(25)22-14-6-2-12(20)3-7-14)17(26)23-15-8-4-13(21)5-9-15/h2-9H,10-11H2,1H3,(H,22,25)(H,23,26). The number of hydrogen-bond donors (Lipinski definition) is 2. The van der Waals surface area contributed by atoms with E-state index < -0.39 is 34.8 Å². The minimum absolute atomic E-state index is 0.0115. The molecular weight excluding hydrogens is 356 g/mol. The molecule has 2 aromatic carbocycles. The molecule has 1 fully saturated rings. The van der Waals surface area contributed by atoms with Crippen molar-refractivity contribution in [1.29, 1.82) is 0 Å². The Bertz CT molecular complexity index is 823. The second-order valence-electron chi connectivity index (χ2n) is 6.30. The van der Waals surface area contributed by atoms with Crippen molar-refractivity contribution in [2.24, 2.45) is 5.41 Å². The number of likely N-dealkylation sites (tertiary alicyclic amines) is 1. The summed E-state index contributed by atoms with van der Waals surface area (Å²) in [6, 6.07) is 9.97. The molecule has 1 aliphatic rings. The molecule has 3 amide bonds. The van der Waals surface area contributed by atoms with Crippen molar-refractivity contribution in [1.82, 2.24) is 4.90 Å². The highest BCUT2D eigenvalue weighted by Crippen LogP contribution is 2.34.